The van der Waals surface area contributed by atoms with Crippen molar-refractivity contribution < 1.29 is 22.4 Å². The van der Waals surface area contributed by atoms with E-state index in [1.54, 1.807) is 7.05 Å². The van der Waals surface area contributed by atoms with Gasteiger partial charge < -0.3 is 5.32 Å². The molecule has 0 spiro atoms. The number of carbonyl (C=O) groups is 1. The van der Waals surface area contributed by atoms with E-state index in [0.29, 0.717) is 22.4 Å². The standard InChI is InChI=1S/C20H16F4N4O3S2/c1-27-16(30)15-10(7-32-17(15)28(2)19(27)31)6-14(29)26-18-25-13(8-33-18)9-3-4-11(12(21)5-9)20(22,23)24/h3-5,8,10H,6-7H2,1-2H3,(H,25,26,29). The lowest BCUT2D eigenvalue weighted by atomic mass is 10.00. The molecular formula is C20H16F4N4O3S2. The first-order valence-corrected chi connectivity index (χ1v) is 11.4. The third-order valence-corrected chi connectivity index (χ3v) is 7.32. The molecule has 1 amide bonds. The van der Waals surface area contributed by atoms with Gasteiger partial charge in [0, 0.05) is 43.1 Å². The summed E-state index contributed by atoms with van der Waals surface area (Å²) in [6.45, 7) is 0. The fraction of sp³-hybridized carbons (Fsp3) is 0.300. The van der Waals surface area contributed by atoms with Crippen LogP contribution in [0, 0.1) is 5.82 Å². The number of hydrogen-bond acceptors (Lipinski definition) is 6. The zero-order valence-electron chi connectivity index (χ0n) is 17.2. The van der Waals surface area contributed by atoms with E-state index in [9.17, 15) is 31.9 Å². The quantitative estimate of drug-likeness (QED) is 0.437. The largest absolute Gasteiger partial charge is 0.419 e. The smallest absolute Gasteiger partial charge is 0.302 e. The molecule has 174 valence electrons. The number of thiazole rings is 1. The fourth-order valence-corrected chi connectivity index (χ4v) is 5.62. The maximum absolute atomic E-state index is 13.8. The second kappa shape index (κ2) is 8.45. The van der Waals surface area contributed by atoms with E-state index in [1.165, 1.54) is 28.8 Å². The average molecular weight is 500 g/mol. The molecule has 0 saturated heterocycles. The van der Waals surface area contributed by atoms with Crippen molar-refractivity contribution in [3.05, 3.63) is 61.4 Å². The van der Waals surface area contributed by atoms with Crippen LogP contribution in [0.4, 0.5) is 22.7 Å². The number of hydrogen-bond donors (Lipinski definition) is 1. The van der Waals surface area contributed by atoms with Crippen LogP contribution in [0.15, 0.2) is 38.2 Å². The number of halogens is 4. The topological polar surface area (TPSA) is 86.0 Å². The summed E-state index contributed by atoms with van der Waals surface area (Å²) in [5.74, 6) is -1.75. The number of aromatic nitrogens is 3. The number of fused-ring (bicyclic) bond motifs is 1. The molecule has 4 rings (SSSR count). The molecule has 0 radical (unpaired) electrons. The highest BCUT2D eigenvalue weighted by atomic mass is 32.2. The molecule has 3 heterocycles. The van der Waals surface area contributed by atoms with Gasteiger partial charge in [-0.05, 0) is 12.1 Å². The number of anilines is 1. The number of nitrogens with one attached hydrogen (secondary N) is 1. The number of alkyl halides is 3. The summed E-state index contributed by atoms with van der Waals surface area (Å²) in [6.07, 6.45) is -4.81. The molecule has 1 aliphatic heterocycles. The Balaban J connectivity index is 1.49. The van der Waals surface area contributed by atoms with Crippen LogP contribution in [-0.2, 0) is 25.1 Å². The molecule has 1 aromatic carbocycles. The van der Waals surface area contributed by atoms with E-state index in [4.69, 9.17) is 0 Å². The monoisotopic (exact) mass is 500 g/mol. The maximum atomic E-state index is 13.8. The van der Waals surface area contributed by atoms with E-state index in [1.807, 2.05) is 0 Å². The lowest BCUT2D eigenvalue weighted by Gasteiger charge is -2.12. The molecule has 7 nitrogen and oxygen atoms in total. The van der Waals surface area contributed by atoms with Crippen LogP contribution in [0.1, 0.15) is 23.5 Å². The summed E-state index contributed by atoms with van der Waals surface area (Å²) in [5, 5.41) is 4.83. The van der Waals surface area contributed by atoms with E-state index in [-0.39, 0.29) is 28.7 Å². The third-order valence-electron chi connectivity index (χ3n) is 5.23. The van der Waals surface area contributed by atoms with Gasteiger partial charge in [0.15, 0.2) is 5.13 Å². The Labute approximate surface area is 192 Å². The highest BCUT2D eigenvalue weighted by molar-refractivity contribution is 7.99. The number of carbonyl (C=O) groups excluding carboxylic acids is 1. The van der Waals surface area contributed by atoms with Gasteiger partial charge in [0.25, 0.3) is 5.56 Å². The molecule has 1 unspecified atom stereocenters. The van der Waals surface area contributed by atoms with Crippen LogP contribution in [0.2, 0.25) is 0 Å². The van der Waals surface area contributed by atoms with Crippen LogP contribution in [0.5, 0.6) is 0 Å². The van der Waals surface area contributed by atoms with Crippen LogP contribution in [0.25, 0.3) is 11.3 Å². The van der Waals surface area contributed by atoms with Crippen molar-refractivity contribution in [2.24, 2.45) is 14.1 Å². The summed E-state index contributed by atoms with van der Waals surface area (Å²) in [4.78, 5) is 41.3. The first-order chi connectivity index (χ1) is 15.5. The van der Waals surface area contributed by atoms with Crippen LogP contribution < -0.4 is 16.6 Å². The Bertz CT molecular complexity index is 1380. The van der Waals surface area contributed by atoms with Crippen LogP contribution in [0.3, 0.4) is 0 Å². The Morgan fingerprint density at radius 3 is 2.64 bits per heavy atom. The SMILES string of the molecule is Cn1c2c(c(=O)n(C)c1=O)C(CC(=O)Nc1nc(-c3ccc(C(F)(F)F)c(F)c3)cs1)CS2. The predicted octanol–water partition coefficient (Wildman–Crippen LogP) is 3.58. The highest BCUT2D eigenvalue weighted by Crippen LogP contribution is 2.38. The molecule has 0 fully saturated rings. The fourth-order valence-electron chi connectivity index (χ4n) is 3.56. The number of rotatable bonds is 4. The van der Waals surface area contributed by atoms with Crippen LogP contribution >= 0.6 is 23.1 Å². The number of thioether (sulfide) groups is 1. The summed E-state index contributed by atoms with van der Waals surface area (Å²) >= 11 is 2.37. The van der Waals surface area contributed by atoms with E-state index < -0.39 is 34.7 Å². The second-order valence-electron chi connectivity index (χ2n) is 7.42. The number of benzene rings is 1. The lowest BCUT2D eigenvalue weighted by molar-refractivity contribution is -0.140. The Hall–Kier alpha value is -2.93. The van der Waals surface area contributed by atoms with Gasteiger partial charge >= 0.3 is 11.9 Å². The number of nitrogens with zero attached hydrogens (tertiary/aromatic N) is 3. The summed E-state index contributed by atoms with van der Waals surface area (Å²) < 4.78 is 54.5. The summed E-state index contributed by atoms with van der Waals surface area (Å²) in [6, 6.07) is 2.50. The minimum atomic E-state index is -4.80. The first kappa shape index (κ1) is 23.2. The Morgan fingerprint density at radius 2 is 1.97 bits per heavy atom. The molecule has 1 aliphatic rings. The zero-order valence-corrected chi connectivity index (χ0v) is 18.8. The molecule has 1 N–H and O–H groups in total. The molecule has 33 heavy (non-hydrogen) atoms. The summed E-state index contributed by atoms with van der Waals surface area (Å²) in [7, 11) is 2.95. The van der Waals surface area contributed by atoms with Crippen molar-refractivity contribution in [1.82, 2.24) is 14.1 Å². The molecule has 13 heteroatoms. The molecule has 3 aromatic rings. The van der Waals surface area contributed by atoms with Crippen molar-refractivity contribution in [3.63, 3.8) is 0 Å². The lowest BCUT2D eigenvalue weighted by Crippen LogP contribution is -2.39. The van der Waals surface area contributed by atoms with Gasteiger partial charge in [-0.15, -0.1) is 23.1 Å². The minimum Gasteiger partial charge on any atom is -0.302 e. The van der Waals surface area contributed by atoms with Crippen molar-refractivity contribution >= 4 is 34.1 Å². The van der Waals surface area contributed by atoms with Gasteiger partial charge in [0.2, 0.25) is 5.91 Å². The maximum Gasteiger partial charge on any atom is 0.419 e. The van der Waals surface area contributed by atoms with E-state index in [2.05, 4.69) is 10.3 Å². The van der Waals surface area contributed by atoms with Gasteiger partial charge in [-0.25, -0.2) is 14.2 Å². The third kappa shape index (κ3) is 4.34. The van der Waals surface area contributed by atoms with Gasteiger partial charge in [-0.2, -0.15) is 13.2 Å². The van der Waals surface area contributed by atoms with Crippen molar-refractivity contribution in [2.75, 3.05) is 11.1 Å². The van der Waals surface area contributed by atoms with Gasteiger partial charge in [0.1, 0.15) is 5.82 Å². The predicted molar refractivity (Wildman–Crippen MR) is 116 cm³/mol. The molecule has 0 aliphatic carbocycles. The van der Waals surface area contributed by atoms with Crippen molar-refractivity contribution in [1.29, 1.82) is 0 Å². The minimum absolute atomic E-state index is 0.0166. The van der Waals surface area contributed by atoms with Gasteiger partial charge in [-0.1, -0.05) is 6.07 Å². The molecule has 0 saturated carbocycles. The van der Waals surface area contributed by atoms with Crippen molar-refractivity contribution in [3.8, 4) is 11.3 Å². The number of amides is 1. The van der Waals surface area contributed by atoms with Gasteiger partial charge in [-0.3, -0.25) is 18.7 Å². The Morgan fingerprint density at radius 1 is 1.24 bits per heavy atom. The normalized spacial score (nSPS) is 15.5. The second-order valence-corrected chi connectivity index (χ2v) is 9.28. The van der Waals surface area contributed by atoms with E-state index in [0.717, 1.165) is 28.0 Å². The average Bonchev–Trinajstić information content (AvgIpc) is 3.37. The first-order valence-electron chi connectivity index (χ1n) is 9.52. The molecule has 1 atom stereocenters. The van der Waals surface area contributed by atoms with E-state index >= 15 is 0 Å². The highest BCUT2D eigenvalue weighted by Gasteiger charge is 2.34. The van der Waals surface area contributed by atoms with Gasteiger partial charge in [0.05, 0.1) is 21.8 Å². The van der Waals surface area contributed by atoms with Crippen LogP contribution in [-0.4, -0.2) is 25.8 Å². The van der Waals surface area contributed by atoms with Crippen molar-refractivity contribution in [2.45, 2.75) is 23.5 Å². The molecular weight excluding hydrogens is 484 g/mol. The zero-order chi connectivity index (χ0) is 24.1. The Kier molecular flexibility index (Phi) is 5.95. The molecule has 0 bridgehead atoms. The molecule has 2 aromatic heterocycles. The summed E-state index contributed by atoms with van der Waals surface area (Å²) in [5.41, 5.74) is -1.47.